The second kappa shape index (κ2) is 7.61. The molecule has 0 radical (unpaired) electrons. The third-order valence-electron chi connectivity index (χ3n) is 3.00. The van der Waals surface area contributed by atoms with E-state index >= 15 is 0 Å². The van der Waals surface area contributed by atoms with Crippen LogP contribution >= 0.6 is 11.6 Å². The summed E-state index contributed by atoms with van der Waals surface area (Å²) in [7, 11) is 0. The smallest absolute Gasteiger partial charge is 0.255 e. The Labute approximate surface area is 144 Å². The molecule has 3 amide bonds. The highest BCUT2D eigenvalue weighted by molar-refractivity contribution is 6.33. The number of nitrogens with one attached hydrogen (secondary N) is 3. The first kappa shape index (κ1) is 17.5. The van der Waals surface area contributed by atoms with E-state index in [4.69, 9.17) is 11.6 Å². The molecular weight excluding hydrogens is 330 g/mol. The molecule has 124 valence electrons. The van der Waals surface area contributed by atoms with Crippen molar-refractivity contribution in [3.05, 3.63) is 53.1 Å². The van der Waals surface area contributed by atoms with Crippen LogP contribution in [0.15, 0.2) is 42.5 Å². The number of carbonyl (C=O) groups is 3. The maximum atomic E-state index is 12.2. The molecule has 0 unspecified atom stereocenters. The molecule has 24 heavy (non-hydrogen) atoms. The summed E-state index contributed by atoms with van der Waals surface area (Å²) >= 11 is 5.99. The van der Waals surface area contributed by atoms with Crippen molar-refractivity contribution in [2.24, 2.45) is 0 Å². The maximum Gasteiger partial charge on any atom is 0.255 e. The number of benzene rings is 2. The molecule has 0 atom stereocenters. The Kier molecular flexibility index (Phi) is 5.55. The molecule has 2 aromatic carbocycles. The van der Waals surface area contributed by atoms with Gasteiger partial charge in [0, 0.05) is 30.8 Å². The topological polar surface area (TPSA) is 87.3 Å². The van der Waals surface area contributed by atoms with Gasteiger partial charge < -0.3 is 16.0 Å². The van der Waals surface area contributed by atoms with E-state index in [1.54, 1.807) is 42.5 Å². The van der Waals surface area contributed by atoms with E-state index in [1.165, 1.54) is 13.8 Å². The lowest BCUT2D eigenvalue weighted by atomic mass is 10.2. The third kappa shape index (κ3) is 4.82. The maximum absolute atomic E-state index is 12.2. The predicted molar refractivity (Wildman–Crippen MR) is 94.5 cm³/mol. The number of anilines is 3. The predicted octanol–water partition coefficient (Wildman–Crippen LogP) is 3.51. The van der Waals surface area contributed by atoms with Crippen LogP contribution in [0.3, 0.4) is 0 Å². The second-order valence-electron chi connectivity index (χ2n) is 5.09. The van der Waals surface area contributed by atoms with Crippen LogP contribution in [0.2, 0.25) is 5.02 Å². The van der Waals surface area contributed by atoms with Crippen LogP contribution in [-0.2, 0) is 9.59 Å². The monoisotopic (exact) mass is 345 g/mol. The fourth-order valence-corrected chi connectivity index (χ4v) is 2.16. The molecule has 0 bridgehead atoms. The molecule has 0 aliphatic carbocycles. The average Bonchev–Trinajstić information content (AvgIpc) is 2.50. The van der Waals surface area contributed by atoms with Crippen molar-refractivity contribution in [2.75, 3.05) is 16.0 Å². The zero-order valence-corrected chi connectivity index (χ0v) is 13.9. The number of hydrogen-bond donors (Lipinski definition) is 3. The van der Waals surface area contributed by atoms with Gasteiger partial charge >= 0.3 is 0 Å². The molecule has 0 spiro atoms. The summed E-state index contributed by atoms with van der Waals surface area (Å²) in [5.41, 5.74) is 1.96. The molecule has 0 aliphatic rings. The largest absolute Gasteiger partial charge is 0.326 e. The van der Waals surface area contributed by atoms with Gasteiger partial charge in [-0.2, -0.15) is 0 Å². The van der Waals surface area contributed by atoms with Crippen molar-refractivity contribution in [1.82, 2.24) is 0 Å². The summed E-state index contributed by atoms with van der Waals surface area (Å²) in [5.74, 6) is -0.756. The van der Waals surface area contributed by atoms with Gasteiger partial charge in [-0.25, -0.2) is 0 Å². The molecule has 0 aromatic heterocycles. The minimum absolute atomic E-state index is 0.182. The van der Waals surface area contributed by atoms with Crippen LogP contribution in [-0.4, -0.2) is 17.7 Å². The standard InChI is InChI=1S/C17H16ClN3O3/c1-10(22)19-13-5-3-12(4-6-13)17(24)21-14-7-8-15(18)16(9-14)20-11(2)23/h3-9H,1-2H3,(H,19,22)(H,20,23)(H,21,24). The van der Waals surface area contributed by atoms with Crippen molar-refractivity contribution < 1.29 is 14.4 Å². The van der Waals surface area contributed by atoms with Crippen LogP contribution in [0.25, 0.3) is 0 Å². The quantitative estimate of drug-likeness (QED) is 0.792. The number of carbonyl (C=O) groups excluding carboxylic acids is 3. The highest BCUT2D eigenvalue weighted by Crippen LogP contribution is 2.26. The van der Waals surface area contributed by atoms with Crippen molar-refractivity contribution >= 4 is 46.4 Å². The van der Waals surface area contributed by atoms with E-state index in [9.17, 15) is 14.4 Å². The van der Waals surface area contributed by atoms with Gasteiger partial charge in [0.15, 0.2) is 0 Å². The molecule has 0 saturated heterocycles. The first-order valence-corrected chi connectivity index (χ1v) is 7.49. The fourth-order valence-electron chi connectivity index (χ4n) is 2.00. The van der Waals surface area contributed by atoms with Crippen LogP contribution in [0.1, 0.15) is 24.2 Å². The molecule has 0 saturated carbocycles. The summed E-state index contributed by atoms with van der Waals surface area (Å²) in [6.45, 7) is 2.78. The highest BCUT2D eigenvalue weighted by Gasteiger charge is 2.09. The van der Waals surface area contributed by atoms with E-state index < -0.39 is 0 Å². The number of halogens is 1. The normalized spacial score (nSPS) is 9.96. The molecule has 7 heteroatoms. The van der Waals surface area contributed by atoms with E-state index in [0.717, 1.165) is 0 Å². The van der Waals surface area contributed by atoms with Gasteiger partial charge in [0.05, 0.1) is 10.7 Å². The molecule has 2 aromatic rings. The minimum Gasteiger partial charge on any atom is -0.326 e. The van der Waals surface area contributed by atoms with Crippen molar-refractivity contribution in [2.45, 2.75) is 13.8 Å². The van der Waals surface area contributed by atoms with Gasteiger partial charge in [0.2, 0.25) is 11.8 Å². The summed E-state index contributed by atoms with van der Waals surface area (Å²) in [6, 6.07) is 11.3. The minimum atomic E-state index is -0.319. The summed E-state index contributed by atoms with van der Waals surface area (Å²) in [5, 5.41) is 8.32. The number of amides is 3. The van der Waals surface area contributed by atoms with Gasteiger partial charge in [-0.3, -0.25) is 14.4 Å². The Morgan fingerprint density at radius 3 is 1.96 bits per heavy atom. The fraction of sp³-hybridized carbons (Fsp3) is 0.118. The van der Waals surface area contributed by atoms with E-state index in [0.29, 0.717) is 27.6 Å². The lowest BCUT2D eigenvalue weighted by Crippen LogP contribution is -2.13. The molecule has 0 fully saturated rings. The highest BCUT2D eigenvalue weighted by atomic mass is 35.5. The Bertz CT molecular complexity index is 788. The Balaban J connectivity index is 2.11. The summed E-state index contributed by atoms with van der Waals surface area (Å²) < 4.78 is 0. The van der Waals surface area contributed by atoms with Crippen LogP contribution in [0.4, 0.5) is 17.1 Å². The molecule has 0 aliphatic heterocycles. The first-order chi connectivity index (χ1) is 11.3. The number of rotatable bonds is 4. The lowest BCUT2D eigenvalue weighted by Gasteiger charge is -2.10. The molecular formula is C17H16ClN3O3. The average molecular weight is 346 g/mol. The number of hydrogen-bond acceptors (Lipinski definition) is 3. The third-order valence-corrected chi connectivity index (χ3v) is 3.33. The summed E-state index contributed by atoms with van der Waals surface area (Å²) in [4.78, 5) is 34.4. The Morgan fingerprint density at radius 1 is 0.792 bits per heavy atom. The van der Waals surface area contributed by atoms with Crippen molar-refractivity contribution in [1.29, 1.82) is 0 Å². The molecule has 3 N–H and O–H groups in total. The SMILES string of the molecule is CC(=O)Nc1ccc(C(=O)Nc2ccc(Cl)c(NC(C)=O)c2)cc1. The zero-order valence-electron chi connectivity index (χ0n) is 13.1. The van der Waals surface area contributed by atoms with Crippen molar-refractivity contribution in [3.8, 4) is 0 Å². The Morgan fingerprint density at radius 2 is 1.38 bits per heavy atom. The Hall–Kier alpha value is -2.86. The van der Waals surface area contributed by atoms with Crippen LogP contribution in [0, 0.1) is 0 Å². The molecule has 2 rings (SSSR count). The van der Waals surface area contributed by atoms with E-state index in [1.807, 2.05) is 0 Å². The van der Waals surface area contributed by atoms with E-state index in [-0.39, 0.29) is 17.7 Å². The second-order valence-corrected chi connectivity index (χ2v) is 5.50. The van der Waals surface area contributed by atoms with Crippen LogP contribution < -0.4 is 16.0 Å². The summed E-state index contributed by atoms with van der Waals surface area (Å²) in [6.07, 6.45) is 0. The lowest BCUT2D eigenvalue weighted by molar-refractivity contribution is -0.115. The molecule has 0 heterocycles. The van der Waals surface area contributed by atoms with Gasteiger partial charge in [0.25, 0.3) is 5.91 Å². The van der Waals surface area contributed by atoms with Gasteiger partial charge in [-0.1, -0.05) is 11.6 Å². The van der Waals surface area contributed by atoms with Gasteiger partial charge in [-0.15, -0.1) is 0 Å². The van der Waals surface area contributed by atoms with E-state index in [2.05, 4.69) is 16.0 Å². The van der Waals surface area contributed by atoms with Gasteiger partial charge in [-0.05, 0) is 42.5 Å². The van der Waals surface area contributed by atoms with Crippen LogP contribution in [0.5, 0.6) is 0 Å². The molecule has 6 nitrogen and oxygen atoms in total. The first-order valence-electron chi connectivity index (χ1n) is 7.11. The zero-order chi connectivity index (χ0) is 17.7. The van der Waals surface area contributed by atoms with Crippen molar-refractivity contribution in [3.63, 3.8) is 0 Å². The van der Waals surface area contributed by atoms with Gasteiger partial charge in [0.1, 0.15) is 0 Å².